The van der Waals surface area contributed by atoms with Crippen molar-refractivity contribution in [1.29, 1.82) is 0 Å². The van der Waals surface area contributed by atoms with Crippen molar-refractivity contribution in [2.24, 2.45) is 0 Å². The molecule has 0 radical (unpaired) electrons. The van der Waals surface area contributed by atoms with Crippen molar-refractivity contribution in [2.45, 2.75) is 32.2 Å². The summed E-state index contributed by atoms with van der Waals surface area (Å²) < 4.78 is 0. The molecule has 3 rings (SSSR count). The third-order valence-electron chi connectivity index (χ3n) is 4.51. The van der Waals surface area contributed by atoms with Gasteiger partial charge in [0.05, 0.1) is 12.2 Å². The Morgan fingerprint density at radius 3 is 2.89 bits per heavy atom. The summed E-state index contributed by atoms with van der Waals surface area (Å²) in [5, 5.41) is 3.17. The number of likely N-dealkylation sites (tertiary alicyclic amines) is 1. The molecule has 1 aliphatic rings. The quantitative estimate of drug-likeness (QED) is 0.769. The number of carbonyl (C=O) groups is 1. The van der Waals surface area contributed by atoms with E-state index in [1.165, 1.54) is 0 Å². The van der Waals surface area contributed by atoms with Gasteiger partial charge in [0.25, 0.3) is 0 Å². The second-order valence-electron chi connectivity index (χ2n) is 7.18. The summed E-state index contributed by atoms with van der Waals surface area (Å²) in [6.07, 6.45) is 11.4. The highest BCUT2D eigenvalue weighted by Gasteiger charge is 2.29. The Morgan fingerprint density at radius 1 is 1.29 bits per heavy atom. The van der Waals surface area contributed by atoms with Gasteiger partial charge in [-0.25, -0.2) is 15.0 Å². The number of piperidine rings is 1. The standard InChI is InChI=1S/C20H27N7O/c1-15-13-17(24-18-14-21-9-10-22-18)25-20(23-15)16-7-4-5-12-27(16)19(28)8-6-11-26(2)3/h6,8-10,13-14,16H,4-5,7,11-12H2,1-3H3,(H,22,23,24,25)/b8-6+/t16-/m1/s1. The first-order valence-electron chi connectivity index (χ1n) is 9.53. The van der Waals surface area contributed by atoms with E-state index in [2.05, 4.69) is 25.3 Å². The summed E-state index contributed by atoms with van der Waals surface area (Å²) in [6, 6.07) is 1.75. The Kier molecular flexibility index (Phi) is 6.65. The number of amides is 1. The fraction of sp³-hybridized carbons (Fsp3) is 0.450. The van der Waals surface area contributed by atoms with Crippen molar-refractivity contribution in [3.8, 4) is 0 Å². The zero-order chi connectivity index (χ0) is 19.9. The molecule has 8 nitrogen and oxygen atoms in total. The Labute approximate surface area is 165 Å². The van der Waals surface area contributed by atoms with E-state index < -0.39 is 0 Å². The Hall–Kier alpha value is -2.87. The lowest BCUT2D eigenvalue weighted by Gasteiger charge is -2.34. The zero-order valence-corrected chi connectivity index (χ0v) is 16.7. The second-order valence-corrected chi connectivity index (χ2v) is 7.18. The molecule has 1 fully saturated rings. The number of hydrogen-bond donors (Lipinski definition) is 1. The number of nitrogens with one attached hydrogen (secondary N) is 1. The van der Waals surface area contributed by atoms with Crippen LogP contribution in [0, 0.1) is 6.92 Å². The van der Waals surface area contributed by atoms with Crippen LogP contribution in [0.3, 0.4) is 0 Å². The van der Waals surface area contributed by atoms with Crippen LogP contribution in [0.15, 0.2) is 36.8 Å². The van der Waals surface area contributed by atoms with Gasteiger partial charge in [0.1, 0.15) is 11.6 Å². The van der Waals surface area contributed by atoms with Crippen LogP contribution >= 0.6 is 0 Å². The normalized spacial score (nSPS) is 17.3. The van der Waals surface area contributed by atoms with Gasteiger partial charge in [0, 0.05) is 43.3 Å². The Morgan fingerprint density at radius 2 is 2.14 bits per heavy atom. The average molecular weight is 381 g/mol. The molecule has 3 heterocycles. The lowest BCUT2D eigenvalue weighted by atomic mass is 10.0. The summed E-state index contributed by atoms with van der Waals surface area (Å²) in [5.41, 5.74) is 0.845. The van der Waals surface area contributed by atoms with E-state index >= 15 is 0 Å². The molecule has 1 aliphatic heterocycles. The minimum Gasteiger partial charge on any atom is -0.329 e. The maximum absolute atomic E-state index is 12.8. The monoisotopic (exact) mass is 381 g/mol. The van der Waals surface area contributed by atoms with Crippen LogP contribution in [0.1, 0.15) is 36.8 Å². The third kappa shape index (κ3) is 5.32. The van der Waals surface area contributed by atoms with Gasteiger partial charge in [-0.1, -0.05) is 6.08 Å². The molecule has 148 valence electrons. The van der Waals surface area contributed by atoms with Crippen LogP contribution in [-0.2, 0) is 4.79 Å². The van der Waals surface area contributed by atoms with E-state index in [1.807, 2.05) is 43.0 Å². The molecule has 0 bridgehead atoms. The highest BCUT2D eigenvalue weighted by molar-refractivity contribution is 5.88. The van der Waals surface area contributed by atoms with Gasteiger partial charge in [0.15, 0.2) is 5.82 Å². The van der Waals surface area contributed by atoms with Crippen molar-refractivity contribution >= 4 is 17.5 Å². The molecule has 1 saturated heterocycles. The van der Waals surface area contributed by atoms with Crippen LogP contribution in [0.4, 0.5) is 11.6 Å². The predicted octanol–water partition coefficient (Wildman–Crippen LogP) is 2.49. The number of hydrogen-bond acceptors (Lipinski definition) is 7. The van der Waals surface area contributed by atoms with Crippen LogP contribution in [0.5, 0.6) is 0 Å². The van der Waals surface area contributed by atoms with Gasteiger partial charge in [-0.15, -0.1) is 0 Å². The summed E-state index contributed by atoms with van der Waals surface area (Å²) in [6.45, 7) is 3.39. The SMILES string of the molecule is Cc1cc(Nc2cnccn2)nc([C@H]2CCCCN2C(=O)/C=C/CN(C)C)n1. The molecule has 0 saturated carbocycles. The molecule has 8 heteroatoms. The minimum absolute atomic E-state index is 0.0140. The summed E-state index contributed by atoms with van der Waals surface area (Å²) in [7, 11) is 3.95. The number of likely N-dealkylation sites (N-methyl/N-ethyl adjacent to an activating group) is 1. The molecular weight excluding hydrogens is 354 g/mol. The number of nitrogens with zero attached hydrogens (tertiary/aromatic N) is 6. The van der Waals surface area contributed by atoms with Crippen LogP contribution in [-0.4, -0.2) is 62.8 Å². The third-order valence-corrected chi connectivity index (χ3v) is 4.51. The molecule has 0 spiro atoms. The van der Waals surface area contributed by atoms with Crippen LogP contribution in [0.25, 0.3) is 0 Å². The maximum atomic E-state index is 12.8. The molecule has 0 aromatic carbocycles. The number of rotatable bonds is 6. The first-order valence-corrected chi connectivity index (χ1v) is 9.53. The highest BCUT2D eigenvalue weighted by atomic mass is 16.2. The highest BCUT2D eigenvalue weighted by Crippen LogP contribution is 2.30. The van der Waals surface area contributed by atoms with E-state index in [0.29, 0.717) is 17.5 Å². The van der Waals surface area contributed by atoms with Crippen molar-refractivity contribution in [1.82, 2.24) is 29.7 Å². The first kappa shape index (κ1) is 19.9. The van der Waals surface area contributed by atoms with Gasteiger partial charge in [-0.2, -0.15) is 0 Å². The van der Waals surface area contributed by atoms with E-state index in [4.69, 9.17) is 0 Å². The predicted molar refractivity (Wildman–Crippen MR) is 108 cm³/mol. The molecule has 0 aliphatic carbocycles. The van der Waals surface area contributed by atoms with Crippen molar-refractivity contribution in [3.05, 3.63) is 48.3 Å². The van der Waals surface area contributed by atoms with E-state index in [1.54, 1.807) is 24.7 Å². The molecule has 1 N–H and O–H groups in total. The zero-order valence-electron chi connectivity index (χ0n) is 16.7. The van der Waals surface area contributed by atoms with Crippen LogP contribution < -0.4 is 5.32 Å². The molecule has 2 aromatic heterocycles. The van der Waals surface area contributed by atoms with E-state index in [9.17, 15) is 4.79 Å². The van der Waals surface area contributed by atoms with Crippen LogP contribution in [0.2, 0.25) is 0 Å². The fourth-order valence-electron chi connectivity index (χ4n) is 3.22. The maximum Gasteiger partial charge on any atom is 0.246 e. The molecule has 1 atom stereocenters. The molecule has 28 heavy (non-hydrogen) atoms. The number of aromatic nitrogens is 4. The Balaban J connectivity index is 1.81. The average Bonchev–Trinajstić information content (AvgIpc) is 2.68. The van der Waals surface area contributed by atoms with Crippen molar-refractivity contribution < 1.29 is 4.79 Å². The van der Waals surface area contributed by atoms with E-state index in [-0.39, 0.29) is 11.9 Å². The smallest absolute Gasteiger partial charge is 0.246 e. The lowest BCUT2D eigenvalue weighted by molar-refractivity contribution is -0.129. The van der Waals surface area contributed by atoms with Gasteiger partial charge >= 0.3 is 0 Å². The number of aryl methyl sites for hydroxylation is 1. The number of anilines is 2. The fourth-order valence-corrected chi connectivity index (χ4v) is 3.22. The summed E-state index contributed by atoms with van der Waals surface area (Å²) >= 11 is 0. The van der Waals surface area contributed by atoms with Gasteiger partial charge in [-0.3, -0.25) is 9.78 Å². The second kappa shape index (κ2) is 9.36. The largest absolute Gasteiger partial charge is 0.329 e. The molecule has 1 amide bonds. The molecule has 0 unspecified atom stereocenters. The number of carbonyl (C=O) groups excluding carboxylic acids is 1. The Bertz CT molecular complexity index is 823. The lowest BCUT2D eigenvalue weighted by Crippen LogP contribution is -2.38. The minimum atomic E-state index is -0.118. The molecular formula is C20H27N7O. The first-order chi connectivity index (χ1) is 13.5. The van der Waals surface area contributed by atoms with Gasteiger partial charge < -0.3 is 15.1 Å². The topological polar surface area (TPSA) is 87.1 Å². The van der Waals surface area contributed by atoms with Gasteiger partial charge in [0.2, 0.25) is 5.91 Å². The van der Waals surface area contributed by atoms with Crippen molar-refractivity contribution in [2.75, 3.05) is 32.5 Å². The molecule has 2 aromatic rings. The van der Waals surface area contributed by atoms with E-state index in [0.717, 1.165) is 38.0 Å². The summed E-state index contributed by atoms with van der Waals surface area (Å²) in [4.78, 5) is 34.2. The van der Waals surface area contributed by atoms with Gasteiger partial charge in [-0.05, 0) is 40.3 Å². The summed E-state index contributed by atoms with van der Waals surface area (Å²) in [5.74, 6) is 1.96. The van der Waals surface area contributed by atoms with Crippen molar-refractivity contribution in [3.63, 3.8) is 0 Å².